The van der Waals surface area contributed by atoms with Crippen LogP contribution in [0.3, 0.4) is 0 Å². The predicted molar refractivity (Wildman–Crippen MR) is 241 cm³/mol. The molecule has 54 heavy (non-hydrogen) atoms. The summed E-state index contributed by atoms with van der Waals surface area (Å²) in [5.74, 6) is 0. The fourth-order valence-electron chi connectivity index (χ4n) is 7.30. The number of thioether (sulfide) groups is 2. The van der Waals surface area contributed by atoms with Crippen LogP contribution in [0.1, 0.15) is 63.8 Å². The standard InChI is InChI=1S/C50H52N2S2/c1-33-11-19-37(20-12-33)51(39-23-15-35(16-24-39)49(3,4)5)47-43-29-27-42(54-10)32-46(43)48(44-30-28-41(53-9)31-45(44)47)52(38-21-13-34(2)14-22-38)40-25-17-36(18-26-40)50(6,7)8/h11-32H,1-10H3. The first-order valence-electron chi connectivity index (χ1n) is 18.8. The van der Waals surface area contributed by atoms with Gasteiger partial charge >= 0.3 is 0 Å². The number of aryl methyl sites for hydroxylation is 2. The number of hydrogen-bond acceptors (Lipinski definition) is 4. The van der Waals surface area contributed by atoms with Gasteiger partial charge in [-0.25, -0.2) is 0 Å². The lowest BCUT2D eigenvalue weighted by molar-refractivity contribution is 0.590. The molecule has 0 fully saturated rings. The van der Waals surface area contributed by atoms with Gasteiger partial charge in [-0.15, -0.1) is 23.5 Å². The molecule has 0 aliphatic rings. The van der Waals surface area contributed by atoms with E-state index in [1.807, 2.05) is 0 Å². The van der Waals surface area contributed by atoms with E-state index in [4.69, 9.17) is 0 Å². The third-order valence-corrected chi connectivity index (χ3v) is 11.9. The molecule has 0 atom stereocenters. The van der Waals surface area contributed by atoms with Gasteiger partial charge < -0.3 is 9.80 Å². The summed E-state index contributed by atoms with van der Waals surface area (Å²) in [6.45, 7) is 18.0. The first-order valence-corrected chi connectivity index (χ1v) is 21.3. The highest BCUT2D eigenvalue weighted by atomic mass is 32.2. The molecule has 0 saturated carbocycles. The zero-order valence-corrected chi connectivity index (χ0v) is 35.0. The smallest absolute Gasteiger partial charge is 0.0620 e. The number of anilines is 6. The van der Waals surface area contributed by atoms with Crippen molar-refractivity contribution >= 4 is 79.2 Å². The van der Waals surface area contributed by atoms with Crippen molar-refractivity contribution in [3.8, 4) is 0 Å². The Bertz CT molecular complexity index is 2240. The van der Waals surface area contributed by atoms with E-state index in [0.29, 0.717) is 0 Å². The molecule has 0 unspecified atom stereocenters. The molecule has 7 rings (SSSR count). The SMILES string of the molecule is CSc1ccc2c(N(c3ccc(C)cc3)c3ccc(C(C)(C)C)cc3)c3cc(SC)ccc3c(N(c3ccc(C)cc3)c3ccc(C(C)(C)C)cc3)c2c1. The van der Waals surface area contributed by atoms with Crippen LogP contribution in [0.25, 0.3) is 21.5 Å². The van der Waals surface area contributed by atoms with E-state index in [-0.39, 0.29) is 10.8 Å². The van der Waals surface area contributed by atoms with Gasteiger partial charge in [-0.2, -0.15) is 0 Å². The highest BCUT2D eigenvalue weighted by Gasteiger charge is 2.27. The van der Waals surface area contributed by atoms with Crippen molar-refractivity contribution in [3.63, 3.8) is 0 Å². The maximum atomic E-state index is 2.48. The maximum Gasteiger partial charge on any atom is 0.0620 e. The molecular weight excluding hydrogens is 693 g/mol. The van der Waals surface area contributed by atoms with Crippen molar-refractivity contribution in [2.24, 2.45) is 0 Å². The van der Waals surface area contributed by atoms with E-state index in [1.165, 1.54) is 65.0 Å². The quantitative estimate of drug-likeness (QED) is 0.0868. The molecule has 0 amide bonds. The molecule has 0 aliphatic heterocycles. The maximum absolute atomic E-state index is 2.48. The molecule has 274 valence electrons. The fraction of sp³-hybridized carbons (Fsp3) is 0.240. The summed E-state index contributed by atoms with van der Waals surface area (Å²) in [6.07, 6.45) is 4.35. The first-order chi connectivity index (χ1) is 25.8. The van der Waals surface area contributed by atoms with Crippen LogP contribution in [0.5, 0.6) is 0 Å². The average molecular weight is 745 g/mol. The van der Waals surface area contributed by atoms with E-state index in [0.717, 1.165) is 22.7 Å². The van der Waals surface area contributed by atoms with Crippen molar-refractivity contribution in [2.45, 2.75) is 76.0 Å². The second kappa shape index (κ2) is 14.9. The number of fused-ring (bicyclic) bond motifs is 2. The van der Waals surface area contributed by atoms with E-state index in [2.05, 4.69) is 211 Å². The highest BCUT2D eigenvalue weighted by Crippen LogP contribution is 2.52. The van der Waals surface area contributed by atoms with Crippen LogP contribution in [0.4, 0.5) is 34.1 Å². The first kappa shape index (κ1) is 37.7. The van der Waals surface area contributed by atoms with Crippen molar-refractivity contribution < 1.29 is 0 Å². The molecule has 7 aromatic rings. The molecule has 0 aliphatic carbocycles. The van der Waals surface area contributed by atoms with Gasteiger partial charge in [0.2, 0.25) is 0 Å². The van der Waals surface area contributed by atoms with Crippen molar-refractivity contribution in [1.82, 2.24) is 0 Å². The van der Waals surface area contributed by atoms with Crippen LogP contribution in [-0.2, 0) is 10.8 Å². The molecule has 7 aromatic carbocycles. The summed E-state index contributed by atoms with van der Waals surface area (Å²) in [4.78, 5) is 7.44. The van der Waals surface area contributed by atoms with Crippen molar-refractivity contribution in [1.29, 1.82) is 0 Å². The van der Waals surface area contributed by atoms with Gasteiger partial charge in [-0.05, 0) is 121 Å². The van der Waals surface area contributed by atoms with Crippen LogP contribution in [0.2, 0.25) is 0 Å². The molecular formula is C50H52N2S2. The third-order valence-electron chi connectivity index (χ3n) is 10.5. The molecule has 2 nitrogen and oxygen atoms in total. The zero-order valence-electron chi connectivity index (χ0n) is 33.4. The Labute approximate surface area is 331 Å². The summed E-state index contributed by atoms with van der Waals surface area (Å²) in [6, 6.07) is 50.5. The Hall–Kier alpha value is -4.64. The molecule has 0 bridgehead atoms. The van der Waals surface area contributed by atoms with Crippen LogP contribution < -0.4 is 9.80 Å². The number of nitrogens with zero attached hydrogens (tertiary/aromatic N) is 2. The third kappa shape index (κ3) is 7.39. The Kier molecular flexibility index (Phi) is 10.4. The lowest BCUT2D eigenvalue weighted by Crippen LogP contribution is -2.16. The van der Waals surface area contributed by atoms with Gasteiger partial charge in [-0.3, -0.25) is 0 Å². The minimum atomic E-state index is 0.0558. The highest BCUT2D eigenvalue weighted by molar-refractivity contribution is 7.98. The van der Waals surface area contributed by atoms with Gasteiger partial charge in [0.1, 0.15) is 0 Å². The molecule has 0 radical (unpaired) electrons. The van der Waals surface area contributed by atoms with E-state index >= 15 is 0 Å². The van der Waals surface area contributed by atoms with Gasteiger partial charge in [0.25, 0.3) is 0 Å². The van der Waals surface area contributed by atoms with Crippen LogP contribution in [0.15, 0.2) is 143 Å². The normalized spacial score (nSPS) is 12.0. The second-order valence-electron chi connectivity index (χ2n) is 16.5. The Balaban J connectivity index is 1.63. The predicted octanol–water partition coefficient (Wildman–Crippen LogP) is 15.6. The van der Waals surface area contributed by atoms with E-state index < -0.39 is 0 Å². The number of hydrogen-bond donors (Lipinski definition) is 0. The lowest BCUT2D eigenvalue weighted by Gasteiger charge is -2.33. The van der Waals surface area contributed by atoms with E-state index in [9.17, 15) is 0 Å². The Morgan fingerprint density at radius 3 is 0.944 bits per heavy atom. The van der Waals surface area contributed by atoms with Gasteiger partial charge in [-0.1, -0.05) is 113 Å². The topological polar surface area (TPSA) is 6.48 Å². The average Bonchev–Trinajstić information content (AvgIpc) is 3.16. The summed E-state index contributed by atoms with van der Waals surface area (Å²) in [5, 5.41) is 4.84. The van der Waals surface area contributed by atoms with Gasteiger partial charge in [0.05, 0.1) is 11.4 Å². The summed E-state index contributed by atoms with van der Waals surface area (Å²) >= 11 is 3.58. The largest absolute Gasteiger partial charge is 0.309 e. The Morgan fingerprint density at radius 1 is 0.370 bits per heavy atom. The molecule has 0 heterocycles. The number of benzene rings is 7. The Morgan fingerprint density at radius 2 is 0.667 bits per heavy atom. The van der Waals surface area contributed by atoms with Crippen molar-refractivity contribution in [3.05, 3.63) is 156 Å². The summed E-state index contributed by atoms with van der Waals surface area (Å²) in [5.41, 5.74) is 12.2. The molecule has 0 saturated heterocycles. The van der Waals surface area contributed by atoms with Gasteiger partial charge in [0, 0.05) is 54.1 Å². The minimum Gasteiger partial charge on any atom is -0.309 e. The summed E-state index contributed by atoms with van der Waals surface area (Å²) in [7, 11) is 0. The monoisotopic (exact) mass is 744 g/mol. The fourth-order valence-corrected chi connectivity index (χ4v) is 8.18. The number of rotatable bonds is 8. The van der Waals surface area contributed by atoms with Crippen LogP contribution >= 0.6 is 23.5 Å². The van der Waals surface area contributed by atoms with Crippen LogP contribution in [-0.4, -0.2) is 12.5 Å². The second-order valence-corrected chi connectivity index (χ2v) is 18.2. The minimum absolute atomic E-state index is 0.0558. The van der Waals surface area contributed by atoms with Crippen molar-refractivity contribution in [2.75, 3.05) is 22.3 Å². The summed E-state index contributed by atoms with van der Waals surface area (Å²) < 4.78 is 0. The molecule has 0 spiro atoms. The molecule has 0 N–H and O–H groups in total. The van der Waals surface area contributed by atoms with E-state index in [1.54, 1.807) is 23.5 Å². The molecule has 4 heteroatoms. The van der Waals surface area contributed by atoms with Crippen LogP contribution in [0, 0.1) is 13.8 Å². The lowest BCUT2D eigenvalue weighted by atomic mass is 9.87. The van der Waals surface area contributed by atoms with Gasteiger partial charge in [0.15, 0.2) is 0 Å². The zero-order chi connectivity index (χ0) is 38.4. The molecule has 0 aromatic heterocycles.